The lowest BCUT2D eigenvalue weighted by Gasteiger charge is -2.38. The van der Waals surface area contributed by atoms with Gasteiger partial charge in [0.05, 0.1) is 11.3 Å². The molecule has 0 spiro atoms. The SMILES string of the molecule is COC1(C)CCCN(S(=O)(=O)c2cccnc2CN)C1. The Morgan fingerprint density at radius 1 is 1.55 bits per heavy atom. The van der Waals surface area contributed by atoms with Gasteiger partial charge in [0.1, 0.15) is 4.90 Å². The molecule has 1 saturated heterocycles. The number of pyridine rings is 1. The largest absolute Gasteiger partial charge is 0.377 e. The summed E-state index contributed by atoms with van der Waals surface area (Å²) >= 11 is 0. The molecule has 112 valence electrons. The summed E-state index contributed by atoms with van der Waals surface area (Å²) in [6.45, 7) is 2.89. The van der Waals surface area contributed by atoms with Crippen LogP contribution in [0.25, 0.3) is 0 Å². The van der Waals surface area contributed by atoms with Crippen molar-refractivity contribution in [2.75, 3.05) is 20.2 Å². The van der Waals surface area contributed by atoms with Gasteiger partial charge in [0.25, 0.3) is 0 Å². The molecule has 0 radical (unpaired) electrons. The molecule has 6 nitrogen and oxygen atoms in total. The Labute approximate surface area is 120 Å². The van der Waals surface area contributed by atoms with Crippen LogP contribution in [0.15, 0.2) is 23.2 Å². The zero-order valence-electron chi connectivity index (χ0n) is 11.9. The van der Waals surface area contributed by atoms with Crippen molar-refractivity contribution in [3.05, 3.63) is 24.0 Å². The maximum atomic E-state index is 12.7. The molecule has 1 aromatic rings. The normalized spacial score (nSPS) is 24.8. The molecule has 2 rings (SSSR count). The molecular formula is C13H21N3O3S. The van der Waals surface area contributed by atoms with E-state index in [4.69, 9.17) is 10.5 Å². The van der Waals surface area contributed by atoms with Crippen LogP contribution in [0.4, 0.5) is 0 Å². The first-order chi connectivity index (χ1) is 9.43. The molecule has 1 aliphatic heterocycles. The van der Waals surface area contributed by atoms with Gasteiger partial charge in [-0.1, -0.05) is 0 Å². The van der Waals surface area contributed by atoms with Gasteiger partial charge >= 0.3 is 0 Å². The van der Waals surface area contributed by atoms with Crippen molar-refractivity contribution in [2.24, 2.45) is 5.73 Å². The van der Waals surface area contributed by atoms with Crippen LogP contribution in [0.3, 0.4) is 0 Å². The second kappa shape index (κ2) is 5.77. The number of ether oxygens (including phenoxy) is 1. The van der Waals surface area contributed by atoms with Crippen LogP contribution >= 0.6 is 0 Å². The second-order valence-electron chi connectivity index (χ2n) is 5.25. The molecule has 2 N–H and O–H groups in total. The summed E-state index contributed by atoms with van der Waals surface area (Å²) in [5.41, 5.74) is 5.55. The van der Waals surface area contributed by atoms with Crippen molar-refractivity contribution in [3.8, 4) is 0 Å². The number of methoxy groups -OCH3 is 1. The summed E-state index contributed by atoms with van der Waals surface area (Å²) in [4.78, 5) is 4.25. The van der Waals surface area contributed by atoms with Crippen molar-refractivity contribution in [1.82, 2.24) is 9.29 Å². The predicted octanol–water partition coefficient (Wildman–Crippen LogP) is 0.730. The van der Waals surface area contributed by atoms with Gasteiger partial charge in [-0.3, -0.25) is 4.98 Å². The minimum atomic E-state index is -3.58. The van der Waals surface area contributed by atoms with Crippen LogP contribution < -0.4 is 5.73 Å². The monoisotopic (exact) mass is 299 g/mol. The van der Waals surface area contributed by atoms with E-state index in [2.05, 4.69) is 4.98 Å². The fraction of sp³-hybridized carbons (Fsp3) is 0.615. The van der Waals surface area contributed by atoms with Crippen LogP contribution in [0.5, 0.6) is 0 Å². The third kappa shape index (κ3) is 2.85. The number of nitrogens with zero attached hydrogens (tertiary/aromatic N) is 2. The molecule has 0 aromatic carbocycles. The summed E-state index contributed by atoms with van der Waals surface area (Å²) in [6.07, 6.45) is 3.19. The fourth-order valence-corrected chi connectivity index (χ4v) is 4.26. The highest BCUT2D eigenvalue weighted by molar-refractivity contribution is 7.89. The molecule has 1 unspecified atom stereocenters. The molecule has 1 aliphatic rings. The second-order valence-corrected chi connectivity index (χ2v) is 7.15. The van der Waals surface area contributed by atoms with Gasteiger partial charge in [-0.15, -0.1) is 0 Å². The number of sulfonamides is 1. The van der Waals surface area contributed by atoms with E-state index < -0.39 is 15.6 Å². The predicted molar refractivity (Wildman–Crippen MR) is 75.5 cm³/mol. The van der Waals surface area contributed by atoms with Gasteiger partial charge in [0.2, 0.25) is 10.0 Å². The summed E-state index contributed by atoms with van der Waals surface area (Å²) in [5.74, 6) is 0. The van der Waals surface area contributed by atoms with Crippen molar-refractivity contribution in [3.63, 3.8) is 0 Å². The Bertz CT molecular complexity index is 576. The average Bonchev–Trinajstić information content (AvgIpc) is 2.47. The number of nitrogens with two attached hydrogens (primary N) is 1. The van der Waals surface area contributed by atoms with E-state index in [9.17, 15) is 8.42 Å². The van der Waals surface area contributed by atoms with Gasteiger partial charge in [0, 0.05) is 32.9 Å². The maximum absolute atomic E-state index is 12.7. The van der Waals surface area contributed by atoms with Crippen molar-refractivity contribution < 1.29 is 13.2 Å². The number of hydrogen-bond acceptors (Lipinski definition) is 5. The Morgan fingerprint density at radius 3 is 2.95 bits per heavy atom. The number of aromatic nitrogens is 1. The molecular weight excluding hydrogens is 278 g/mol. The smallest absolute Gasteiger partial charge is 0.245 e. The standard InChI is InChI=1S/C13H21N3O3S/c1-13(19-2)6-4-8-16(10-13)20(17,18)12-5-3-7-15-11(12)9-14/h3,5,7H,4,6,8-10,14H2,1-2H3. The fourth-order valence-electron chi connectivity index (χ4n) is 2.48. The molecule has 0 aliphatic carbocycles. The van der Waals surface area contributed by atoms with Gasteiger partial charge in [-0.05, 0) is 31.9 Å². The topological polar surface area (TPSA) is 85.5 Å². The quantitative estimate of drug-likeness (QED) is 0.886. The Hall–Kier alpha value is -1.02. The van der Waals surface area contributed by atoms with E-state index in [1.807, 2.05) is 6.92 Å². The number of hydrogen-bond donors (Lipinski definition) is 1. The minimum absolute atomic E-state index is 0.102. The first-order valence-corrected chi connectivity index (χ1v) is 8.06. The van der Waals surface area contributed by atoms with Gasteiger partial charge in [0.15, 0.2) is 0 Å². The Kier molecular flexibility index (Phi) is 4.43. The highest BCUT2D eigenvalue weighted by Gasteiger charge is 2.37. The highest BCUT2D eigenvalue weighted by atomic mass is 32.2. The van der Waals surface area contributed by atoms with E-state index in [0.29, 0.717) is 18.8 Å². The first kappa shape index (κ1) is 15.4. The van der Waals surface area contributed by atoms with Crippen molar-refractivity contribution in [2.45, 2.75) is 36.8 Å². The van der Waals surface area contributed by atoms with E-state index in [1.54, 1.807) is 25.4 Å². The van der Waals surface area contributed by atoms with Crippen LogP contribution in [0, 0.1) is 0 Å². The lowest BCUT2D eigenvalue weighted by molar-refractivity contribution is -0.0319. The summed E-state index contributed by atoms with van der Waals surface area (Å²) in [6, 6.07) is 3.18. The lowest BCUT2D eigenvalue weighted by Crippen LogP contribution is -2.49. The average molecular weight is 299 g/mol. The van der Waals surface area contributed by atoms with Gasteiger partial charge in [-0.25, -0.2) is 8.42 Å². The molecule has 0 amide bonds. The van der Waals surface area contributed by atoms with Crippen LogP contribution in [0.1, 0.15) is 25.5 Å². The van der Waals surface area contributed by atoms with E-state index in [0.717, 1.165) is 12.8 Å². The summed E-state index contributed by atoms with van der Waals surface area (Å²) < 4.78 is 32.4. The molecule has 2 heterocycles. The van der Waals surface area contributed by atoms with Crippen LogP contribution in [-0.4, -0.2) is 43.5 Å². The van der Waals surface area contributed by atoms with Gasteiger partial charge < -0.3 is 10.5 Å². The Morgan fingerprint density at radius 2 is 2.30 bits per heavy atom. The summed E-state index contributed by atoms with van der Waals surface area (Å²) in [5, 5.41) is 0. The Balaban J connectivity index is 2.35. The number of piperidine rings is 1. The number of rotatable bonds is 4. The van der Waals surface area contributed by atoms with Crippen LogP contribution in [0.2, 0.25) is 0 Å². The van der Waals surface area contributed by atoms with E-state index >= 15 is 0 Å². The minimum Gasteiger partial charge on any atom is -0.377 e. The summed E-state index contributed by atoms with van der Waals surface area (Å²) in [7, 11) is -1.96. The van der Waals surface area contributed by atoms with Crippen molar-refractivity contribution >= 4 is 10.0 Å². The van der Waals surface area contributed by atoms with E-state index in [-0.39, 0.29) is 11.4 Å². The first-order valence-electron chi connectivity index (χ1n) is 6.62. The third-order valence-corrected chi connectivity index (χ3v) is 5.70. The lowest BCUT2D eigenvalue weighted by atomic mass is 9.96. The van der Waals surface area contributed by atoms with Crippen LogP contribution in [-0.2, 0) is 21.3 Å². The molecule has 1 fully saturated rings. The molecule has 0 bridgehead atoms. The maximum Gasteiger partial charge on any atom is 0.245 e. The van der Waals surface area contributed by atoms with Gasteiger partial charge in [-0.2, -0.15) is 4.31 Å². The molecule has 1 aromatic heterocycles. The molecule has 0 saturated carbocycles. The molecule has 20 heavy (non-hydrogen) atoms. The third-order valence-electron chi connectivity index (χ3n) is 3.78. The highest BCUT2D eigenvalue weighted by Crippen LogP contribution is 2.28. The van der Waals surface area contributed by atoms with E-state index in [1.165, 1.54) is 4.31 Å². The molecule has 7 heteroatoms. The molecule has 1 atom stereocenters. The zero-order valence-corrected chi connectivity index (χ0v) is 12.7. The van der Waals surface area contributed by atoms with Crippen molar-refractivity contribution in [1.29, 1.82) is 0 Å². The zero-order chi connectivity index (χ0) is 14.8.